The Labute approximate surface area is 173 Å². The van der Waals surface area contributed by atoms with Crippen molar-refractivity contribution in [2.75, 3.05) is 25.7 Å². The molecule has 1 saturated carbocycles. The molecule has 1 aromatic carbocycles. The summed E-state index contributed by atoms with van der Waals surface area (Å²) in [5, 5.41) is 5.37. The third kappa shape index (κ3) is 3.78. The summed E-state index contributed by atoms with van der Waals surface area (Å²) in [4.78, 5) is 16.1. The van der Waals surface area contributed by atoms with E-state index in [4.69, 9.17) is 21.7 Å². The first-order chi connectivity index (χ1) is 13.5. The van der Waals surface area contributed by atoms with Crippen LogP contribution in [-0.2, 0) is 24.4 Å². The summed E-state index contributed by atoms with van der Waals surface area (Å²) >= 11 is 6.93. The Kier molecular flexibility index (Phi) is 5.39. The van der Waals surface area contributed by atoms with Crippen molar-refractivity contribution in [2.24, 2.45) is 0 Å². The first-order valence-corrected chi connectivity index (χ1v) is 10.6. The second kappa shape index (κ2) is 7.81. The number of benzene rings is 1. The number of carbonyl (C=O) groups is 1. The lowest BCUT2D eigenvalue weighted by atomic mass is 9.99. The highest BCUT2D eigenvalue weighted by Crippen LogP contribution is 2.35. The molecule has 1 aliphatic heterocycles. The summed E-state index contributed by atoms with van der Waals surface area (Å²) in [6.07, 6.45) is 3.02. The molecule has 1 aromatic heterocycles. The maximum atomic E-state index is 12.0. The number of hydrogen-bond donors (Lipinski definition) is 0. The van der Waals surface area contributed by atoms with Crippen molar-refractivity contribution in [3.63, 3.8) is 0 Å². The third-order valence-corrected chi connectivity index (χ3v) is 6.49. The van der Waals surface area contributed by atoms with Crippen LogP contribution in [0.25, 0.3) is 0 Å². The summed E-state index contributed by atoms with van der Waals surface area (Å²) in [6, 6.07) is 4.41. The predicted octanol–water partition coefficient (Wildman–Crippen LogP) is 3.22. The SMILES string of the molecule is COc1cc2c(cc1OC)CN(Cn1nc(N(C(C)=O)C3CC3)sc1=S)CC2. The van der Waals surface area contributed by atoms with Gasteiger partial charge in [-0.05, 0) is 54.7 Å². The molecule has 2 aliphatic rings. The summed E-state index contributed by atoms with van der Waals surface area (Å²) in [5.41, 5.74) is 2.52. The van der Waals surface area contributed by atoms with E-state index in [-0.39, 0.29) is 11.9 Å². The van der Waals surface area contributed by atoms with Gasteiger partial charge in [0, 0.05) is 26.1 Å². The highest BCUT2D eigenvalue weighted by molar-refractivity contribution is 7.73. The summed E-state index contributed by atoms with van der Waals surface area (Å²) in [5.74, 6) is 1.55. The maximum absolute atomic E-state index is 12.0. The molecule has 0 radical (unpaired) electrons. The molecule has 0 spiro atoms. The molecule has 0 atom stereocenters. The number of nitrogens with zero attached hydrogens (tertiary/aromatic N) is 4. The van der Waals surface area contributed by atoms with E-state index in [1.165, 1.54) is 22.5 Å². The molecule has 1 amide bonds. The van der Waals surface area contributed by atoms with Gasteiger partial charge in [0.05, 0.1) is 20.9 Å². The number of fused-ring (bicyclic) bond motifs is 1. The van der Waals surface area contributed by atoms with E-state index in [2.05, 4.69) is 22.1 Å². The summed E-state index contributed by atoms with van der Waals surface area (Å²) in [7, 11) is 3.31. The first-order valence-electron chi connectivity index (χ1n) is 9.34. The fourth-order valence-corrected chi connectivity index (χ4v) is 4.81. The highest BCUT2D eigenvalue weighted by Gasteiger charge is 2.34. The topological polar surface area (TPSA) is 59.8 Å². The zero-order valence-electron chi connectivity index (χ0n) is 16.3. The molecule has 2 aromatic rings. The van der Waals surface area contributed by atoms with Gasteiger partial charge >= 0.3 is 0 Å². The molecule has 0 saturated heterocycles. The number of ether oxygens (including phenoxy) is 2. The van der Waals surface area contributed by atoms with E-state index in [0.717, 1.165) is 43.9 Å². The first kappa shape index (κ1) is 19.4. The van der Waals surface area contributed by atoms with Crippen LogP contribution >= 0.6 is 23.6 Å². The number of amides is 1. The minimum Gasteiger partial charge on any atom is -0.493 e. The average molecular weight is 421 g/mol. The number of carbonyl (C=O) groups excluding carboxylic acids is 1. The normalized spacial score (nSPS) is 16.5. The Morgan fingerprint density at radius 3 is 2.57 bits per heavy atom. The van der Waals surface area contributed by atoms with E-state index >= 15 is 0 Å². The summed E-state index contributed by atoms with van der Waals surface area (Å²) < 4.78 is 13.4. The maximum Gasteiger partial charge on any atom is 0.225 e. The third-order valence-electron chi connectivity index (χ3n) is 5.18. The molecule has 0 unspecified atom stereocenters. The Balaban J connectivity index is 1.52. The Hall–Kier alpha value is -1.97. The van der Waals surface area contributed by atoms with Gasteiger partial charge < -0.3 is 9.47 Å². The second-order valence-electron chi connectivity index (χ2n) is 7.19. The van der Waals surface area contributed by atoms with Crippen molar-refractivity contribution >= 4 is 34.6 Å². The van der Waals surface area contributed by atoms with Gasteiger partial charge in [0.2, 0.25) is 11.0 Å². The largest absolute Gasteiger partial charge is 0.493 e. The van der Waals surface area contributed by atoms with Gasteiger partial charge in [-0.25, -0.2) is 4.68 Å². The van der Waals surface area contributed by atoms with Crippen molar-refractivity contribution in [3.05, 3.63) is 27.2 Å². The zero-order valence-corrected chi connectivity index (χ0v) is 17.9. The van der Waals surface area contributed by atoms with Crippen LogP contribution < -0.4 is 14.4 Å². The van der Waals surface area contributed by atoms with Gasteiger partial charge in [-0.15, -0.1) is 5.10 Å². The van der Waals surface area contributed by atoms with Crippen LogP contribution in [-0.4, -0.2) is 47.4 Å². The van der Waals surface area contributed by atoms with Crippen LogP contribution in [0.2, 0.25) is 0 Å². The fourth-order valence-electron chi connectivity index (χ4n) is 3.61. The number of anilines is 1. The summed E-state index contributed by atoms with van der Waals surface area (Å²) in [6.45, 7) is 3.91. The number of aromatic nitrogens is 2. The minimum absolute atomic E-state index is 0.0337. The van der Waals surface area contributed by atoms with E-state index in [1.54, 1.807) is 26.0 Å². The highest BCUT2D eigenvalue weighted by atomic mass is 32.1. The van der Waals surface area contributed by atoms with E-state index in [9.17, 15) is 4.79 Å². The Morgan fingerprint density at radius 1 is 1.29 bits per heavy atom. The standard InChI is InChI=1S/C19H24N4O3S2/c1-12(24)23(15-4-5-15)18-20-22(19(27)28-18)11-21-7-6-13-8-16(25-2)17(26-3)9-14(13)10-21/h8-9,15H,4-7,10-11H2,1-3H3. The van der Waals surface area contributed by atoms with Crippen molar-refractivity contribution in [1.29, 1.82) is 0 Å². The molecule has 0 bridgehead atoms. The van der Waals surface area contributed by atoms with Crippen LogP contribution in [0.1, 0.15) is 30.9 Å². The molecule has 9 heteroatoms. The van der Waals surface area contributed by atoms with Crippen molar-refractivity contribution < 1.29 is 14.3 Å². The van der Waals surface area contributed by atoms with Gasteiger partial charge in [0.1, 0.15) is 0 Å². The monoisotopic (exact) mass is 420 g/mol. The van der Waals surface area contributed by atoms with Crippen LogP contribution in [0.5, 0.6) is 11.5 Å². The lowest BCUT2D eigenvalue weighted by molar-refractivity contribution is -0.116. The van der Waals surface area contributed by atoms with Crippen LogP contribution in [0.4, 0.5) is 5.13 Å². The fraction of sp³-hybridized carbons (Fsp3) is 0.526. The molecule has 1 aliphatic carbocycles. The molecular formula is C19H24N4O3S2. The number of rotatable bonds is 6. The van der Waals surface area contributed by atoms with Crippen molar-refractivity contribution in [1.82, 2.24) is 14.7 Å². The van der Waals surface area contributed by atoms with Crippen molar-refractivity contribution in [2.45, 2.75) is 45.4 Å². The van der Waals surface area contributed by atoms with E-state index in [1.807, 2.05) is 4.68 Å². The smallest absolute Gasteiger partial charge is 0.225 e. The lowest BCUT2D eigenvalue weighted by Crippen LogP contribution is -2.33. The molecule has 28 heavy (non-hydrogen) atoms. The molecule has 1 fully saturated rings. The molecule has 2 heterocycles. The van der Waals surface area contributed by atoms with Gasteiger partial charge in [-0.2, -0.15) is 0 Å². The Bertz CT molecular complexity index is 951. The van der Waals surface area contributed by atoms with E-state index < -0.39 is 0 Å². The predicted molar refractivity (Wildman–Crippen MR) is 111 cm³/mol. The molecule has 7 nitrogen and oxygen atoms in total. The average Bonchev–Trinajstić information content (AvgIpc) is 3.44. The van der Waals surface area contributed by atoms with Crippen molar-refractivity contribution in [3.8, 4) is 11.5 Å². The van der Waals surface area contributed by atoms with Gasteiger partial charge in [-0.3, -0.25) is 14.6 Å². The molecule has 4 rings (SSSR count). The molecular weight excluding hydrogens is 396 g/mol. The zero-order chi connectivity index (χ0) is 19.8. The minimum atomic E-state index is 0.0337. The quantitative estimate of drug-likeness (QED) is 0.669. The molecule has 150 valence electrons. The number of methoxy groups -OCH3 is 2. The van der Waals surface area contributed by atoms with Crippen LogP contribution in [0, 0.1) is 3.95 Å². The van der Waals surface area contributed by atoms with Gasteiger partial charge in [-0.1, -0.05) is 11.3 Å². The lowest BCUT2D eigenvalue weighted by Gasteiger charge is -2.29. The number of hydrogen-bond acceptors (Lipinski definition) is 7. The van der Waals surface area contributed by atoms with Crippen LogP contribution in [0.15, 0.2) is 12.1 Å². The molecule has 0 N–H and O–H groups in total. The van der Waals surface area contributed by atoms with Gasteiger partial charge in [0.15, 0.2) is 15.5 Å². The second-order valence-corrected chi connectivity index (χ2v) is 8.79. The van der Waals surface area contributed by atoms with E-state index in [0.29, 0.717) is 15.8 Å². The van der Waals surface area contributed by atoms with Gasteiger partial charge in [0.25, 0.3) is 0 Å². The van der Waals surface area contributed by atoms with Crippen LogP contribution in [0.3, 0.4) is 0 Å². The Morgan fingerprint density at radius 2 is 1.96 bits per heavy atom.